The van der Waals surface area contributed by atoms with Crippen LogP contribution in [0.5, 0.6) is 11.5 Å². The van der Waals surface area contributed by atoms with Crippen LogP contribution < -0.4 is 14.8 Å². The topological polar surface area (TPSA) is 112 Å². The number of nitrogens with one attached hydrogen (secondary N) is 1. The normalized spacial score (nSPS) is 11.6. The van der Waals surface area contributed by atoms with E-state index in [1.165, 1.54) is 6.33 Å². The van der Waals surface area contributed by atoms with Crippen molar-refractivity contribution < 1.29 is 28.8 Å². The number of terminal acetylenes is 1. The minimum absolute atomic E-state index is 0.0168. The molecule has 224 valence electrons. The van der Waals surface area contributed by atoms with Crippen LogP contribution in [0.25, 0.3) is 21.7 Å². The molecule has 0 fully saturated rings. The van der Waals surface area contributed by atoms with E-state index in [-0.39, 0.29) is 25.8 Å². The van der Waals surface area contributed by atoms with Gasteiger partial charge in [-0.25, -0.2) is 9.97 Å². The molecule has 0 saturated carbocycles. The molecule has 0 saturated heterocycles. The number of anilines is 2. The zero-order valence-corrected chi connectivity index (χ0v) is 24.6. The van der Waals surface area contributed by atoms with Crippen LogP contribution in [0.15, 0.2) is 79.1 Å². The average Bonchev–Trinajstić information content (AvgIpc) is 3.06. The lowest BCUT2D eigenvalue weighted by Gasteiger charge is -2.16. The number of aliphatic hydroxyl groups is 1. The van der Waals surface area contributed by atoms with Gasteiger partial charge in [-0.1, -0.05) is 42.3 Å². The number of ether oxygens (including phenoxy) is 4. The third kappa shape index (κ3) is 7.24. The number of benzene rings is 4. The maximum atomic E-state index is 12.9. The molecule has 9 heteroatoms. The molecule has 9 nitrogen and oxygen atoms in total. The van der Waals surface area contributed by atoms with Crippen molar-refractivity contribution in [3.05, 3.63) is 95.8 Å². The summed E-state index contributed by atoms with van der Waals surface area (Å²) in [5, 5.41) is 15.4. The summed E-state index contributed by atoms with van der Waals surface area (Å²) < 4.78 is 22.7. The summed E-state index contributed by atoms with van der Waals surface area (Å²) in [5.41, 5.74) is 3.86. The fourth-order valence-electron chi connectivity index (χ4n) is 4.68. The number of carbonyl (C=O) groups is 1. The standard InChI is InChI=1S/C35H33N3O6/c1-4-24-6-5-7-29(17-24)38-34-30-19-32(42-13-12-41-3)33(20-31(30)36-22-37-34)43-14-15-44-35(40)23(2)26-10-11-27-16-25(21-39)8-9-28(27)18-26/h1,5-11,16-20,22-23,39H,12-15,21H2,2-3H3,(H,36,37,38). The van der Waals surface area contributed by atoms with Gasteiger partial charge in [0, 0.05) is 29.8 Å². The molecule has 0 bridgehead atoms. The van der Waals surface area contributed by atoms with Gasteiger partial charge in [0.15, 0.2) is 11.5 Å². The molecule has 1 unspecified atom stereocenters. The number of aromatic nitrogens is 2. The first kappa shape index (κ1) is 30.3. The van der Waals surface area contributed by atoms with Gasteiger partial charge in [0.25, 0.3) is 0 Å². The lowest BCUT2D eigenvalue weighted by molar-refractivity contribution is -0.145. The summed E-state index contributed by atoms with van der Waals surface area (Å²) in [7, 11) is 1.60. The summed E-state index contributed by atoms with van der Waals surface area (Å²) in [6.07, 6.45) is 7.02. The number of hydrogen-bond acceptors (Lipinski definition) is 9. The van der Waals surface area contributed by atoms with Crippen molar-refractivity contribution in [2.24, 2.45) is 0 Å². The van der Waals surface area contributed by atoms with E-state index in [0.717, 1.165) is 38.5 Å². The number of carbonyl (C=O) groups excluding carboxylic acids is 1. The van der Waals surface area contributed by atoms with E-state index >= 15 is 0 Å². The molecule has 0 spiro atoms. The van der Waals surface area contributed by atoms with E-state index in [0.29, 0.717) is 36.0 Å². The molecular formula is C35H33N3O6. The molecule has 5 rings (SSSR count). The molecule has 0 radical (unpaired) electrons. The van der Waals surface area contributed by atoms with Crippen LogP contribution in [-0.2, 0) is 20.9 Å². The monoisotopic (exact) mass is 591 g/mol. The second-order valence-electron chi connectivity index (χ2n) is 10.1. The van der Waals surface area contributed by atoms with Gasteiger partial charge in [-0.15, -0.1) is 6.42 Å². The predicted molar refractivity (Wildman–Crippen MR) is 169 cm³/mol. The van der Waals surface area contributed by atoms with Crippen LogP contribution in [0, 0.1) is 12.3 Å². The zero-order valence-electron chi connectivity index (χ0n) is 24.6. The molecule has 0 aliphatic carbocycles. The number of aliphatic hydroxyl groups excluding tert-OH is 1. The Balaban J connectivity index is 1.26. The second kappa shape index (κ2) is 14.3. The van der Waals surface area contributed by atoms with E-state index in [2.05, 4.69) is 21.2 Å². The number of esters is 1. The first-order valence-electron chi connectivity index (χ1n) is 14.2. The molecule has 2 N–H and O–H groups in total. The van der Waals surface area contributed by atoms with Gasteiger partial charge in [0.1, 0.15) is 32.0 Å². The molecule has 44 heavy (non-hydrogen) atoms. The first-order chi connectivity index (χ1) is 21.5. The largest absolute Gasteiger partial charge is 0.487 e. The Hall–Kier alpha value is -5.17. The highest BCUT2D eigenvalue weighted by molar-refractivity contribution is 5.93. The lowest BCUT2D eigenvalue weighted by Crippen LogP contribution is -2.17. The first-order valence-corrected chi connectivity index (χ1v) is 14.2. The average molecular weight is 592 g/mol. The van der Waals surface area contributed by atoms with Crippen LogP contribution in [-0.4, -0.2) is 54.6 Å². The van der Waals surface area contributed by atoms with Crippen molar-refractivity contribution in [2.45, 2.75) is 19.4 Å². The highest BCUT2D eigenvalue weighted by Crippen LogP contribution is 2.35. The molecule has 1 atom stereocenters. The van der Waals surface area contributed by atoms with E-state index in [9.17, 15) is 9.90 Å². The molecule has 4 aromatic carbocycles. The van der Waals surface area contributed by atoms with Crippen LogP contribution >= 0.6 is 0 Å². The van der Waals surface area contributed by atoms with Gasteiger partial charge >= 0.3 is 5.97 Å². The van der Waals surface area contributed by atoms with Gasteiger partial charge < -0.3 is 29.4 Å². The number of rotatable bonds is 13. The minimum Gasteiger partial charge on any atom is -0.487 e. The SMILES string of the molecule is C#Cc1cccc(Nc2ncnc3cc(OCCOC(=O)C(C)c4ccc5cc(CO)ccc5c4)c(OCCOC)cc23)c1. The van der Waals surface area contributed by atoms with E-state index in [4.69, 9.17) is 25.4 Å². The van der Waals surface area contributed by atoms with Gasteiger partial charge in [-0.2, -0.15) is 0 Å². The molecule has 0 amide bonds. The maximum Gasteiger partial charge on any atom is 0.313 e. The summed E-state index contributed by atoms with van der Waals surface area (Å²) in [6.45, 7) is 2.65. The smallest absolute Gasteiger partial charge is 0.313 e. The predicted octanol–water partition coefficient (Wildman–Crippen LogP) is 5.75. The Morgan fingerprint density at radius 2 is 1.70 bits per heavy atom. The van der Waals surface area contributed by atoms with Gasteiger partial charge in [-0.05, 0) is 59.2 Å². The summed E-state index contributed by atoms with van der Waals surface area (Å²) in [4.78, 5) is 21.7. The number of methoxy groups -OCH3 is 1. The van der Waals surface area contributed by atoms with Crippen molar-refractivity contribution in [3.63, 3.8) is 0 Å². The fourth-order valence-corrected chi connectivity index (χ4v) is 4.68. The minimum atomic E-state index is -0.463. The third-order valence-corrected chi connectivity index (χ3v) is 7.09. The Bertz CT molecular complexity index is 1820. The van der Waals surface area contributed by atoms with Gasteiger partial charge in [0.2, 0.25) is 0 Å². The Labute approximate surface area is 255 Å². The van der Waals surface area contributed by atoms with Crippen molar-refractivity contribution in [3.8, 4) is 23.8 Å². The molecule has 1 heterocycles. The third-order valence-electron chi connectivity index (χ3n) is 7.09. The lowest BCUT2D eigenvalue weighted by atomic mass is 9.97. The van der Waals surface area contributed by atoms with E-state index in [1.807, 2.05) is 73.7 Å². The van der Waals surface area contributed by atoms with Crippen LogP contribution in [0.1, 0.15) is 29.5 Å². The highest BCUT2D eigenvalue weighted by Gasteiger charge is 2.18. The van der Waals surface area contributed by atoms with Gasteiger partial charge in [-0.3, -0.25) is 4.79 Å². The van der Waals surface area contributed by atoms with Gasteiger partial charge in [0.05, 0.1) is 24.6 Å². The highest BCUT2D eigenvalue weighted by atomic mass is 16.6. The van der Waals surface area contributed by atoms with E-state index in [1.54, 1.807) is 13.2 Å². The van der Waals surface area contributed by atoms with Crippen LogP contribution in [0.3, 0.4) is 0 Å². The quantitative estimate of drug-likeness (QED) is 0.100. The van der Waals surface area contributed by atoms with Crippen molar-refractivity contribution in [2.75, 3.05) is 38.9 Å². The van der Waals surface area contributed by atoms with Crippen molar-refractivity contribution in [1.29, 1.82) is 0 Å². The maximum absolute atomic E-state index is 12.9. The Morgan fingerprint density at radius 1 is 0.932 bits per heavy atom. The van der Waals surface area contributed by atoms with Crippen LogP contribution in [0.2, 0.25) is 0 Å². The van der Waals surface area contributed by atoms with Crippen molar-refractivity contribution >= 4 is 39.1 Å². The second-order valence-corrected chi connectivity index (χ2v) is 10.1. The summed E-state index contributed by atoms with van der Waals surface area (Å²) >= 11 is 0. The fraction of sp³-hybridized carbons (Fsp3) is 0.229. The Kier molecular flexibility index (Phi) is 9.87. The van der Waals surface area contributed by atoms with Crippen LogP contribution in [0.4, 0.5) is 11.5 Å². The number of hydrogen-bond donors (Lipinski definition) is 2. The molecular weight excluding hydrogens is 558 g/mol. The number of fused-ring (bicyclic) bond motifs is 2. The summed E-state index contributed by atoms with van der Waals surface area (Å²) in [5.74, 6) is 3.32. The number of nitrogens with zero attached hydrogens (tertiary/aromatic N) is 2. The van der Waals surface area contributed by atoms with E-state index < -0.39 is 5.92 Å². The molecule has 1 aromatic heterocycles. The molecule has 5 aromatic rings. The summed E-state index contributed by atoms with van der Waals surface area (Å²) in [6, 6.07) is 22.6. The molecule has 0 aliphatic heterocycles. The zero-order chi connectivity index (χ0) is 30.9. The molecule has 0 aliphatic rings. The van der Waals surface area contributed by atoms with Crippen molar-refractivity contribution in [1.82, 2.24) is 9.97 Å². The Morgan fingerprint density at radius 3 is 2.50 bits per heavy atom.